The van der Waals surface area contributed by atoms with Gasteiger partial charge in [-0.15, -0.1) is 11.3 Å². The lowest BCUT2D eigenvalue weighted by molar-refractivity contribution is -0.124. The highest BCUT2D eigenvalue weighted by Crippen LogP contribution is 2.37. The molecule has 1 aromatic heterocycles. The van der Waals surface area contributed by atoms with Gasteiger partial charge in [-0.2, -0.15) is 0 Å². The summed E-state index contributed by atoms with van der Waals surface area (Å²) in [4.78, 5) is 11.4. The molecular weight excluding hydrogens is 312 g/mol. The van der Waals surface area contributed by atoms with E-state index in [9.17, 15) is 13.2 Å². The third-order valence-corrected chi connectivity index (χ3v) is 6.24. The minimum absolute atomic E-state index is 0.132. The maximum atomic E-state index is 12.7. The molecule has 110 valence electrons. The maximum absolute atomic E-state index is 12.7. The van der Waals surface area contributed by atoms with E-state index in [2.05, 4.69) is 0 Å². The third-order valence-electron chi connectivity index (χ3n) is 3.09. The van der Waals surface area contributed by atoms with Crippen molar-refractivity contribution in [2.24, 2.45) is 5.73 Å². The molecule has 21 heavy (non-hydrogen) atoms. The molecule has 0 spiro atoms. The van der Waals surface area contributed by atoms with Crippen LogP contribution in [-0.2, 0) is 14.8 Å². The number of nitrogens with zero attached hydrogens (tertiary/aromatic N) is 1. The number of carbonyl (C=O) groups excluding carboxylic acids is 1. The fraction of sp³-hybridized carbons (Fsp3) is 0.154. The Kier molecular flexibility index (Phi) is 3.34. The Morgan fingerprint density at radius 3 is 2.71 bits per heavy atom. The number of sulfonamides is 1. The first-order chi connectivity index (χ1) is 10.00. The number of primary amides is 1. The molecule has 1 aliphatic heterocycles. The number of para-hydroxylation sites is 2. The Hall–Kier alpha value is -2.06. The van der Waals surface area contributed by atoms with E-state index >= 15 is 0 Å². The molecule has 0 saturated heterocycles. The number of rotatable bonds is 3. The summed E-state index contributed by atoms with van der Waals surface area (Å²) in [6.45, 7) is -0.132. The Morgan fingerprint density at radius 2 is 2.05 bits per heavy atom. The van der Waals surface area contributed by atoms with Gasteiger partial charge in [0, 0.05) is 0 Å². The second-order valence-electron chi connectivity index (χ2n) is 4.44. The smallest absolute Gasteiger partial charge is 0.274 e. The minimum Gasteiger partial charge on any atom is -0.476 e. The number of hydrogen-bond donors (Lipinski definition) is 1. The molecule has 1 aliphatic rings. The predicted molar refractivity (Wildman–Crippen MR) is 78.9 cm³/mol. The second-order valence-corrected chi connectivity index (χ2v) is 7.48. The van der Waals surface area contributed by atoms with Gasteiger partial charge >= 0.3 is 0 Å². The van der Waals surface area contributed by atoms with Crippen LogP contribution in [0.15, 0.2) is 46.0 Å². The second kappa shape index (κ2) is 5.05. The highest BCUT2D eigenvalue weighted by atomic mass is 32.2. The fourth-order valence-electron chi connectivity index (χ4n) is 2.10. The molecule has 1 amide bonds. The van der Waals surface area contributed by atoms with E-state index in [0.717, 1.165) is 11.3 Å². The molecule has 0 unspecified atom stereocenters. The van der Waals surface area contributed by atoms with Gasteiger partial charge < -0.3 is 10.5 Å². The van der Waals surface area contributed by atoms with Crippen LogP contribution in [-0.4, -0.2) is 27.0 Å². The molecule has 0 saturated carbocycles. The fourth-order valence-corrected chi connectivity index (χ4v) is 4.68. The SMILES string of the molecule is NC(=O)[C@H]1CN(S(=O)(=O)c2cccs2)c2ccccc2O1. The number of amides is 1. The standard InChI is InChI=1S/C13H12N2O4S2/c14-13(16)11-8-15(9-4-1-2-5-10(9)19-11)21(17,18)12-6-3-7-20-12/h1-7,11H,8H2,(H2,14,16)/t11-/m1/s1. The van der Waals surface area contributed by atoms with Crippen molar-refractivity contribution in [3.63, 3.8) is 0 Å². The molecule has 2 aromatic rings. The molecule has 0 bridgehead atoms. The number of ether oxygens (including phenoxy) is 1. The van der Waals surface area contributed by atoms with Gasteiger partial charge in [0.05, 0.1) is 12.2 Å². The van der Waals surface area contributed by atoms with Crippen LogP contribution in [0.3, 0.4) is 0 Å². The number of thiophene rings is 1. The lowest BCUT2D eigenvalue weighted by atomic mass is 10.2. The van der Waals surface area contributed by atoms with Crippen molar-refractivity contribution in [1.82, 2.24) is 0 Å². The topological polar surface area (TPSA) is 89.7 Å². The highest BCUT2D eigenvalue weighted by Gasteiger charge is 2.36. The van der Waals surface area contributed by atoms with Gasteiger partial charge in [-0.3, -0.25) is 9.10 Å². The molecule has 1 aromatic carbocycles. The van der Waals surface area contributed by atoms with E-state index in [1.54, 1.807) is 35.7 Å². The largest absolute Gasteiger partial charge is 0.476 e. The Bertz CT molecular complexity index is 771. The summed E-state index contributed by atoms with van der Waals surface area (Å²) in [6.07, 6.45) is -1.00. The normalized spacial score (nSPS) is 17.9. The van der Waals surface area contributed by atoms with Crippen LogP contribution in [0, 0.1) is 0 Å². The quantitative estimate of drug-likeness (QED) is 0.918. The molecule has 6 nitrogen and oxygen atoms in total. The van der Waals surface area contributed by atoms with Crippen LogP contribution >= 0.6 is 11.3 Å². The first kappa shape index (κ1) is 13.9. The predicted octanol–water partition coefficient (Wildman–Crippen LogP) is 1.19. The van der Waals surface area contributed by atoms with E-state index in [-0.39, 0.29) is 10.8 Å². The molecular formula is C13H12N2O4S2. The van der Waals surface area contributed by atoms with Gasteiger partial charge in [-0.1, -0.05) is 18.2 Å². The molecule has 0 radical (unpaired) electrons. The maximum Gasteiger partial charge on any atom is 0.274 e. The molecule has 0 fully saturated rings. The van der Waals surface area contributed by atoms with Crippen LogP contribution < -0.4 is 14.8 Å². The van der Waals surface area contributed by atoms with Crippen molar-refractivity contribution in [3.8, 4) is 5.75 Å². The summed E-state index contributed by atoms with van der Waals surface area (Å²) >= 11 is 1.12. The van der Waals surface area contributed by atoms with Crippen molar-refractivity contribution in [2.75, 3.05) is 10.8 Å². The van der Waals surface area contributed by atoms with Crippen molar-refractivity contribution >= 4 is 33.0 Å². The van der Waals surface area contributed by atoms with Crippen molar-refractivity contribution in [3.05, 3.63) is 41.8 Å². The van der Waals surface area contributed by atoms with E-state index in [1.807, 2.05) is 0 Å². The summed E-state index contributed by atoms with van der Waals surface area (Å²) in [5.41, 5.74) is 5.67. The Balaban J connectivity index is 2.11. The first-order valence-corrected chi connectivity index (χ1v) is 8.43. The molecule has 0 aliphatic carbocycles. The van der Waals surface area contributed by atoms with Gasteiger partial charge in [0.15, 0.2) is 6.10 Å². The van der Waals surface area contributed by atoms with Gasteiger partial charge in [-0.25, -0.2) is 8.42 Å². The molecule has 3 rings (SSSR count). The summed E-state index contributed by atoms with van der Waals surface area (Å²) in [7, 11) is -3.73. The average Bonchev–Trinajstić information content (AvgIpc) is 3.00. The van der Waals surface area contributed by atoms with Crippen molar-refractivity contribution in [2.45, 2.75) is 10.3 Å². The lowest BCUT2D eigenvalue weighted by Gasteiger charge is -2.33. The number of hydrogen-bond acceptors (Lipinski definition) is 5. The lowest BCUT2D eigenvalue weighted by Crippen LogP contribution is -2.49. The van der Waals surface area contributed by atoms with Crippen molar-refractivity contribution < 1.29 is 17.9 Å². The number of nitrogens with two attached hydrogens (primary N) is 1. The highest BCUT2D eigenvalue weighted by molar-refractivity contribution is 7.94. The summed E-state index contributed by atoms with van der Waals surface area (Å²) < 4.78 is 32.3. The van der Waals surface area contributed by atoms with E-state index in [0.29, 0.717) is 11.4 Å². The Labute approximate surface area is 125 Å². The number of benzene rings is 1. The minimum atomic E-state index is -3.73. The van der Waals surface area contributed by atoms with Crippen LogP contribution in [0.5, 0.6) is 5.75 Å². The zero-order chi connectivity index (χ0) is 15.0. The van der Waals surface area contributed by atoms with Crippen LogP contribution in [0.2, 0.25) is 0 Å². The van der Waals surface area contributed by atoms with E-state index < -0.39 is 22.0 Å². The molecule has 8 heteroatoms. The molecule has 2 N–H and O–H groups in total. The number of anilines is 1. The molecule has 1 atom stereocenters. The Morgan fingerprint density at radius 1 is 1.29 bits per heavy atom. The van der Waals surface area contributed by atoms with Crippen molar-refractivity contribution in [1.29, 1.82) is 0 Å². The third kappa shape index (κ3) is 2.36. The summed E-state index contributed by atoms with van der Waals surface area (Å²) in [5, 5.41) is 1.69. The average molecular weight is 324 g/mol. The number of fused-ring (bicyclic) bond motifs is 1. The zero-order valence-electron chi connectivity index (χ0n) is 10.8. The van der Waals surface area contributed by atoms with Crippen LogP contribution in [0.4, 0.5) is 5.69 Å². The zero-order valence-corrected chi connectivity index (χ0v) is 12.4. The van der Waals surface area contributed by atoms with E-state index in [4.69, 9.17) is 10.5 Å². The van der Waals surface area contributed by atoms with Gasteiger partial charge in [0.25, 0.3) is 15.9 Å². The van der Waals surface area contributed by atoms with Gasteiger partial charge in [0.2, 0.25) is 0 Å². The van der Waals surface area contributed by atoms with Crippen LogP contribution in [0.25, 0.3) is 0 Å². The molecule has 2 heterocycles. The summed E-state index contributed by atoms with van der Waals surface area (Å²) in [6, 6.07) is 9.85. The van der Waals surface area contributed by atoms with Gasteiger partial charge in [0.1, 0.15) is 9.96 Å². The van der Waals surface area contributed by atoms with E-state index in [1.165, 1.54) is 10.4 Å². The summed E-state index contributed by atoms with van der Waals surface area (Å²) in [5.74, 6) is -0.372. The monoisotopic (exact) mass is 324 g/mol. The van der Waals surface area contributed by atoms with Crippen LogP contribution in [0.1, 0.15) is 0 Å². The first-order valence-electron chi connectivity index (χ1n) is 6.11. The van der Waals surface area contributed by atoms with Gasteiger partial charge in [-0.05, 0) is 23.6 Å². The number of carbonyl (C=O) groups is 1.